The lowest BCUT2D eigenvalue weighted by Gasteiger charge is -2.12. The fourth-order valence-electron chi connectivity index (χ4n) is 1.49. The van der Waals surface area contributed by atoms with E-state index in [0.717, 1.165) is 16.7 Å². The first-order valence-electron chi connectivity index (χ1n) is 5.19. The molecule has 0 radical (unpaired) electrons. The number of thioether (sulfide) groups is 1. The van der Waals surface area contributed by atoms with E-state index in [2.05, 4.69) is 5.32 Å². The van der Waals surface area contributed by atoms with Gasteiger partial charge < -0.3 is 11.1 Å². The lowest BCUT2D eigenvalue weighted by Crippen LogP contribution is -2.36. The zero-order valence-electron chi connectivity index (χ0n) is 9.38. The largest absolute Gasteiger partial charge is 0.399 e. The third-order valence-electron chi connectivity index (χ3n) is 2.31. The molecule has 18 heavy (non-hydrogen) atoms. The van der Waals surface area contributed by atoms with Gasteiger partial charge in [0.05, 0.1) is 5.75 Å². The lowest BCUT2D eigenvalue weighted by atomic mass is 10.3. The van der Waals surface area contributed by atoms with E-state index in [-0.39, 0.29) is 23.4 Å². The lowest BCUT2D eigenvalue weighted by molar-refractivity contribution is -0.128. The molecule has 1 fully saturated rings. The van der Waals surface area contributed by atoms with Crippen LogP contribution in [0.3, 0.4) is 0 Å². The van der Waals surface area contributed by atoms with Crippen molar-refractivity contribution in [2.45, 2.75) is 0 Å². The van der Waals surface area contributed by atoms with E-state index in [9.17, 15) is 14.4 Å². The Bertz CT molecular complexity index is 502. The van der Waals surface area contributed by atoms with Crippen LogP contribution < -0.4 is 11.1 Å². The Kier molecular flexibility index (Phi) is 3.52. The van der Waals surface area contributed by atoms with Crippen LogP contribution in [0.15, 0.2) is 24.3 Å². The number of nitrogens with two attached hydrogens (primary N) is 1. The smallest absolute Gasteiger partial charge is 0.289 e. The Balaban J connectivity index is 1.97. The van der Waals surface area contributed by atoms with Gasteiger partial charge in [-0.2, -0.15) is 0 Å². The molecule has 2 rings (SSSR count). The number of nitrogen functional groups attached to an aromatic ring is 1. The van der Waals surface area contributed by atoms with Gasteiger partial charge >= 0.3 is 0 Å². The number of imide groups is 1. The summed E-state index contributed by atoms with van der Waals surface area (Å²) in [6.07, 6.45) is 0. The number of nitrogens with one attached hydrogen (secondary N) is 1. The second-order valence-electron chi connectivity index (χ2n) is 3.71. The minimum atomic E-state index is -0.426. The Labute approximate surface area is 108 Å². The Morgan fingerprint density at radius 2 is 2.22 bits per heavy atom. The third kappa shape index (κ3) is 2.80. The van der Waals surface area contributed by atoms with E-state index >= 15 is 0 Å². The van der Waals surface area contributed by atoms with E-state index < -0.39 is 5.91 Å². The quantitative estimate of drug-likeness (QED) is 0.792. The maximum atomic E-state index is 11.7. The van der Waals surface area contributed by atoms with Crippen molar-refractivity contribution in [2.75, 3.05) is 23.3 Å². The second-order valence-corrected chi connectivity index (χ2v) is 4.63. The van der Waals surface area contributed by atoms with Crippen LogP contribution in [0, 0.1) is 0 Å². The van der Waals surface area contributed by atoms with E-state index in [4.69, 9.17) is 5.73 Å². The van der Waals surface area contributed by atoms with Crippen LogP contribution in [-0.2, 0) is 9.59 Å². The van der Waals surface area contributed by atoms with Crippen molar-refractivity contribution in [3.8, 4) is 0 Å². The molecule has 0 saturated carbocycles. The number of carbonyl (C=O) groups excluding carboxylic acids is 3. The van der Waals surface area contributed by atoms with Gasteiger partial charge in [-0.15, -0.1) is 0 Å². The first-order chi connectivity index (χ1) is 8.56. The van der Waals surface area contributed by atoms with Crippen molar-refractivity contribution in [3.05, 3.63) is 24.3 Å². The first kappa shape index (κ1) is 12.4. The highest BCUT2D eigenvalue weighted by Gasteiger charge is 2.31. The SMILES string of the molecule is Nc1cccc(NC(=O)CN2C(=O)CSC2=O)c1. The summed E-state index contributed by atoms with van der Waals surface area (Å²) in [6, 6.07) is 6.67. The highest BCUT2D eigenvalue weighted by Crippen LogP contribution is 2.18. The average Bonchev–Trinajstić information content (AvgIpc) is 2.61. The van der Waals surface area contributed by atoms with Crippen molar-refractivity contribution in [2.24, 2.45) is 0 Å². The van der Waals surface area contributed by atoms with Crippen LogP contribution in [-0.4, -0.2) is 34.3 Å². The van der Waals surface area contributed by atoms with Crippen LogP contribution in [0.1, 0.15) is 0 Å². The fourth-order valence-corrected chi connectivity index (χ4v) is 2.22. The second kappa shape index (κ2) is 5.09. The highest BCUT2D eigenvalue weighted by molar-refractivity contribution is 8.14. The summed E-state index contributed by atoms with van der Waals surface area (Å²) in [7, 11) is 0. The van der Waals surface area contributed by atoms with Crippen molar-refractivity contribution in [3.63, 3.8) is 0 Å². The number of anilines is 2. The zero-order valence-corrected chi connectivity index (χ0v) is 10.2. The summed E-state index contributed by atoms with van der Waals surface area (Å²) in [6.45, 7) is -0.264. The Morgan fingerprint density at radius 1 is 1.44 bits per heavy atom. The molecule has 3 N–H and O–H groups in total. The monoisotopic (exact) mass is 265 g/mol. The molecule has 7 heteroatoms. The Morgan fingerprint density at radius 3 is 2.83 bits per heavy atom. The molecule has 1 saturated heterocycles. The fraction of sp³-hybridized carbons (Fsp3) is 0.182. The maximum Gasteiger partial charge on any atom is 0.289 e. The molecule has 0 aromatic heterocycles. The highest BCUT2D eigenvalue weighted by atomic mass is 32.2. The van der Waals surface area contributed by atoms with Gasteiger partial charge in [-0.05, 0) is 18.2 Å². The van der Waals surface area contributed by atoms with Crippen molar-refractivity contribution >= 4 is 40.2 Å². The van der Waals surface area contributed by atoms with Gasteiger partial charge in [-0.3, -0.25) is 19.3 Å². The van der Waals surface area contributed by atoms with Gasteiger partial charge in [-0.25, -0.2) is 0 Å². The van der Waals surface area contributed by atoms with Crippen LogP contribution in [0.4, 0.5) is 16.2 Å². The normalized spacial score (nSPS) is 15.0. The molecule has 0 bridgehead atoms. The third-order valence-corrected chi connectivity index (χ3v) is 3.17. The average molecular weight is 265 g/mol. The van der Waals surface area contributed by atoms with E-state index in [0.29, 0.717) is 11.4 Å². The molecule has 1 aliphatic heterocycles. The van der Waals surface area contributed by atoms with Crippen LogP contribution in [0.5, 0.6) is 0 Å². The van der Waals surface area contributed by atoms with Crippen LogP contribution >= 0.6 is 11.8 Å². The number of amides is 3. The molecule has 0 unspecified atom stereocenters. The Hall–Kier alpha value is -2.02. The number of hydrogen-bond donors (Lipinski definition) is 2. The minimum absolute atomic E-state index is 0.102. The minimum Gasteiger partial charge on any atom is -0.399 e. The molecule has 1 aromatic rings. The molecule has 1 aliphatic rings. The van der Waals surface area contributed by atoms with Crippen molar-refractivity contribution in [1.82, 2.24) is 4.90 Å². The standard InChI is InChI=1S/C11H11N3O3S/c12-7-2-1-3-8(4-7)13-9(15)5-14-10(16)6-18-11(14)17/h1-4H,5-6,12H2,(H,13,15). The summed E-state index contributed by atoms with van der Waals surface area (Å²) < 4.78 is 0. The molecule has 0 atom stereocenters. The summed E-state index contributed by atoms with van der Waals surface area (Å²) >= 11 is 0.902. The van der Waals surface area contributed by atoms with Crippen LogP contribution in [0.25, 0.3) is 0 Å². The molecule has 0 spiro atoms. The van der Waals surface area contributed by atoms with Crippen molar-refractivity contribution < 1.29 is 14.4 Å². The number of hydrogen-bond acceptors (Lipinski definition) is 5. The number of nitrogens with zero attached hydrogens (tertiary/aromatic N) is 1. The summed E-state index contributed by atoms with van der Waals surface area (Å²) in [5.74, 6) is -0.665. The molecule has 1 heterocycles. The van der Waals surface area contributed by atoms with Gasteiger partial charge in [0.2, 0.25) is 11.8 Å². The summed E-state index contributed by atoms with van der Waals surface area (Å²) in [5.41, 5.74) is 6.63. The maximum absolute atomic E-state index is 11.7. The summed E-state index contributed by atoms with van der Waals surface area (Å²) in [5, 5.41) is 2.19. The molecule has 3 amide bonds. The topological polar surface area (TPSA) is 92.5 Å². The molecular formula is C11H11N3O3S. The van der Waals surface area contributed by atoms with E-state index in [1.807, 2.05) is 0 Å². The molecule has 6 nitrogen and oxygen atoms in total. The van der Waals surface area contributed by atoms with Gasteiger partial charge in [0, 0.05) is 11.4 Å². The van der Waals surface area contributed by atoms with E-state index in [1.165, 1.54) is 0 Å². The number of carbonyl (C=O) groups is 3. The first-order valence-corrected chi connectivity index (χ1v) is 6.17. The molecule has 1 aromatic carbocycles. The molecule has 0 aliphatic carbocycles. The van der Waals surface area contributed by atoms with Gasteiger partial charge in [-0.1, -0.05) is 17.8 Å². The molecular weight excluding hydrogens is 254 g/mol. The number of rotatable bonds is 3. The van der Waals surface area contributed by atoms with E-state index in [1.54, 1.807) is 24.3 Å². The van der Waals surface area contributed by atoms with Gasteiger partial charge in [0.25, 0.3) is 5.24 Å². The number of benzene rings is 1. The van der Waals surface area contributed by atoms with Crippen LogP contribution in [0.2, 0.25) is 0 Å². The molecule has 94 valence electrons. The predicted molar refractivity (Wildman–Crippen MR) is 69.1 cm³/mol. The summed E-state index contributed by atoms with van der Waals surface area (Å²) in [4.78, 5) is 35.2. The van der Waals surface area contributed by atoms with Gasteiger partial charge in [0.1, 0.15) is 6.54 Å². The zero-order chi connectivity index (χ0) is 13.1. The van der Waals surface area contributed by atoms with Gasteiger partial charge in [0.15, 0.2) is 0 Å². The van der Waals surface area contributed by atoms with Crippen molar-refractivity contribution in [1.29, 1.82) is 0 Å². The predicted octanol–water partition coefficient (Wildman–Crippen LogP) is 0.903.